The molecule has 0 amide bonds. The van der Waals surface area contributed by atoms with Crippen LogP contribution in [0.5, 0.6) is 5.75 Å². The minimum atomic E-state index is -5.17. The highest BCUT2D eigenvalue weighted by atomic mass is 32.3. The molecule has 0 aliphatic carbocycles. The lowest BCUT2D eigenvalue weighted by Gasteiger charge is -2.06. The number of hydrogen-bond donors (Lipinski definition) is 1. The molecule has 76 valence electrons. The summed E-state index contributed by atoms with van der Waals surface area (Å²) in [6.45, 7) is 0. The van der Waals surface area contributed by atoms with Gasteiger partial charge in [0.25, 0.3) is 0 Å². The zero-order chi connectivity index (χ0) is 11.2. The summed E-state index contributed by atoms with van der Waals surface area (Å²) >= 11 is 0. The van der Waals surface area contributed by atoms with E-state index in [1.165, 1.54) is 24.3 Å². The molecule has 0 heterocycles. The van der Waals surface area contributed by atoms with Gasteiger partial charge in [0.15, 0.2) is 4.98 Å². The highest BCUT2D eigenvalue weighted by Gasteiger charge is 1.99. The van der Waals surface area contributed by atoms with Crippen LogP contribution in [0.15, 0.2) is 24.3 Å². The predicted molar refractivity (Wildman–Crippen MR) is 43.3 cm³/mol. The quantitative estimate of drug-likeness (QED) is 0.383. The largest absolute Gasteiger partial charge is 0.759 e. The molecule has 0 aromatic heterocycles. The van der Waals surface area contributed by atoms with E-state index in [4.69, 9.17) is 28.0 Å². The van der Waals surface area contributed by atoms with E-state index < -0.39 is 10.4 Å². The van der Waals surface area contributed by atoms with E-state index in [0.717, 1.165) is 0 Å². The van der Waals surface area contributed by atoms with Crippen molar-refractivity contribution in [2.45, 2.75) is 0 Å². The Morgan fingerprint density at radius 3 is 1.86 bits per heavy atom. The second-order valence-electron chi connectivity index (χ2n) is 2.02. The standard InChI is InChI=1S/C6H4N2O.H2O4S/c7-8-5-1-3-6(9)4-2-5;1-5(2,3)4/h1-4H;(H2,1,2,3,4)/p-1. The maximum atomic E-state index is 8.73. The molecule has 1 aromatic carbocycles. The lowest BCUT2D eigenvalue weighted by Crippen LogP contribution is -1.91. The van der Waals surface area contributed by atoms with Gasteiger partial charge in [0.05, 0.1) is 0 Å². The van der Waals surface area contributed by atoms with Crippen LogP contribution in [0.3, 0.4) is 0 Å². The Bertz CT molecular complexity index is 411. The first-order chi connectivity index (χ1) is 6.33. The Morgan fingerprint density at radius 1 is 1.21 bits per heavy atom. The summed E-state index contributed by atoms with van der Waals surface area (Å²) in [6, 6.07) is 5.93. The second-order valence-corrected chi connectivity index (χ2v) is 2.84. The van der Waals surface area contributed by atoms with Gasteiger partial charge in [-0.3, -0.25) is 8.42 Å². The molecule has 14 heavy (non-hydrogen) atoms. The van der Waals surface area contributed by atoms with Crippen molar-refractivity contribution in [2.75, 3.05) is 0 Å². The number of hydrogen-bond acceptors (Lipinski definition) is 6. The molecule has 1 aromatic rings. The molecule has 8 heteroatoms. The molecule has 0 saturated heterocycles. The molecular weight excluding hydrogens is 212 g/mol. The maximum Gasteiger partial charge on any atom is 0.385 e. The van der Waals surface area contributed by atoms with E-state index in [0.29, 0.717) is 5.69 Å². The van der Waals surface area contributed by atoms with E-state index in [2.05, 4.69) is 4.98 Å². The minimum absolute atomic E-state index is 0.169. The highest BCUT2D eigenvalue weighted by molar-refractivity contribution is 7.79. The van der Waals surface area contributed by atoms with Crippen molar-refractivity contribution >= 4 is 16.1 Å². The van der Waals surface area contributed by atoms with Gasteiger partial charge in [-0.25, -0.2) is 0 Å². The number of phenolic OH excluding ortho intramolecular Hbond substituents is 1. The Balaban J connectivity index is 0.000000292. The monoisotopic (exact) mass is 217 g/mol. The summed E-state index contributed by atoms with van der Waals surface area (Å²) in [5.41, 5.74) is 0.438. The van der Waals surface area contributed by atoms with Crippen molar-refractivity contribution in [3.63, 3.8) is 0 Å². The highest BCUT2D eigenvalue weighted by Crippen LogP contribution is 2.15. The van der Waals surface area contributed by atoms with Crippen molar-refractivity contribution in [1.82, 2.24) is 0 Å². The molecule has 0 atom stereocenters. The van der Waals surface area contributed by atoms with Crippen LogP contribution in [0.4, 0.5) is 5.69 Å². The summed E-state index contributed by atoms with van der Waals surface area (Å²) in [7, 11) is -5.17. The molecule has 0 spiro atoms. The summed E-state index contributed by atoms with van der Waals surface area (Å²) in [4.78, 5) is 2.90. The zero-order valence-electron chi connectivity index (χ0n) is 6.69. The van der Waals surface area contributed by atoms with Crippen LogP contribution in [0.2, 0.25) is 0 Å². The smallest absolute Gasteiger partial charge is 0.385 e. The molecule has 0 bridgehead atoms. The van der Waals surface area contributed by atoms with Crippen LogP contribution < -0.4 is 0 Å². The number of diazo groups is 1. The molecule has 0 unspecified atom stereocenters. The summed E-state index contributed by atoms with van der Waals surface area (Å²) in [5.74, 6) is 0.169. The van der Waals surface area contributed by atoms with Crippen LogP contribution in [0.25, 0.3) is 4.98 Å². The molecule has 1 N–H and O–H groups in total. The SMILES string of the molecule is N#[N+]c1ccc(O)cc1.O=S(=O)([O-])[O-]. The first-order valence-corrected chi connectivity index (χ1v) is 4.47. The van der Waals surface area contributed by atoms with Crippen LogP contribution in [0.1, 0.15) is 0 Å². The van der Waals surface area contributed by atoms with E-state index in [1.807, 2.05) is 0 Å². The van der Waals surface area contributed by atoms with Crippen LogP contribution >= 0.6 is 0 Å². The average Bonchev–Trinajstić information content (AvgIpc) is 2.03. The molecular formula is C6H5N2O5S-. The topological polar surface area (TPSA) is 129 Å². The Hall–Kier alpha value is -1.69. The normalized spacial score (nSPS) is 9.50. The molecule has 0 radical (unpaired) electrons. The fraction of sp³-hybridized carbons (Fsp3) is 0. The molecule has 0 aliphatic rings. The number of aromatic hydroxyl groups is 1. The van der Waals surface area contributed by atoms with Crippen molar-refractivity contribution in [2.24, 2.45) is 0 Å². The van der Waals surface area contributed by atoms with Gasteiger partial charge >= 0.3 is 5.69 Å². The van der Waals surface area contributed by atoms with E-state index in [-0.39, 0.29) is 5.75 Å². The van der Waals surface area contributed by atoms with Crippen molar-refractivity contribution < 1.29 is 22.6 Å². The van der Waals surface area contributed by atoms with Crippen molar-refractivity contribution in [1.29, 1.82) is 5.39 Å². The van der Waals surface area contributed by atoms with Crippen LogP contribution in [0, 0.1) is 5.39 Å². The van der Waals surface area contributed by atoms with E-state index >= 15 is 0 Å². The Morgan fingerprint density at radius 2 is 1.57 bits per heavy atom. The van der Waals surface area contributed by atoms with Crippen molar-refractivity contribution in [3.05, 3.63) is 29.2 Å². The van der Waals surface area contributed by atoms with Crippen LogP contribution in [-0.4, -0.2) is 22.6 Å². The lowest BCUT2D eigenvalue weighted by atomic mass is 10.3. The van der Waals surface area contributed by atoms with Gasteiger partial charge < -0.3 is 14.2 Å². The fourth-order valence-corrected chi connectivity index (χ4v) is 0.519. The molecule has 7 nitrogen and oxygen atoms in total. The van der Waals surface area contributed by atoms with Gasteiger partial charge in [-0.15, -0.1) is 0 Å². The molecule has 0 saturated carbocycles. The van der Waals surface area contributed by atoms with Gasteiger partial charge in [0.1, 0.15) is 5.75 Å². The van der Waals surface area contributed by atoms with Crippen molar-refractivity contribution in [3.8, 4) is 5.75 Å². The third-order valence-corrected chi connectivity index (χ3v) is 0.965. The van der Waals surface area contributed by atoms with Gasteiger partial charge in [-0.05, 0) is 12.1 Å². The molecule has 0 aliphatic heterocycles. The third-order valence-electron chi connectivity index (χ3n) is 0.965. The van der Waals surface area contributed by atoms with E-state index in [1.54, 1.807) is 0 Å². The first-order valence-electron chi connectivity index (χ1n) is 3.14. The first kappa shape index (κ1) is 12.3. The third kappa shape index (κ3) is 8.41. The lowest BCUT2D eigenvalue weighted by molar-refractivity contribution is 0.352. The van der Waals surface area contributed by atoms with Gasteiger partial charge in [0, 0.05) is 22.5 Å². The van der Waals surface area contributed by atoms with Gasteiger partial charge in [0.2, 0.25) is 5.39 Å². The van der Waals surface area contributed by atoms with Crippen LogP contribution in [-0.2, 0) is 10.4 Å². The minimum Gasteiger partial charge on any atom is -0.759 e. The number of rotatable bonds is 0. The average molecular weight is 217 g/mol. The Kier molecular flexibility index (Phi) is 4.51. The molecule has 1 rings (SSSR count). The maximum absolute atomic E-state index is 8.73. The fourth-order valence-electron chi connectivity index (χ4n) is 0.519. The zero-order valence-corrected chi connectivity index (χ0v) is 7.51. The number of phenols is 1. The summed E-state index contributed by atoms with van der Waals surface area (Å²) < 4.78 is 34.1. The summed E-state index contributed by atoms with van der Waals surface area (Å²) in [5, 5.41) is 16.9. The molecule has 0 fully saturated rings. The number of nitrogens with zero attached hydrogens (tertiary/aromatic N) is 2. The predicted octanol–water partition coefficient (Wildman–Crippen LogP) is 0.539. The van der Waals surface area contributed by atoms with E-state index in [9.17, 15) is 0 Å². The van der Waals surface area contributed by atoms with Gasteiger partial charge in [-0.1, -0.05) is 0 Å². The Labute approximate surface area is 79.8 Å². The second kappa shape index (κ2) is 5.13. The van der Waals surface area contributed by atoms with Gasteiger partial charge in [-0.2, -0.15) is 0 Å². The number of benzene rings is 1. The summed E-state index contributed by atoms with van der Waals surface area (Å²) in [6.07, 6.45) is 0.